The standard InChI is InChI=1S/C15H14N4OS/c16-10-15(6-2-3-7-15)13(20)19-14-18-12(9-21-14)11-5-1-4-8-17-11/h1,4-5,8-9H,2-3,6-7H2,(H,18,19,20). The summed E-state index contributed by atoms with van der Waals surface area (Å²) in [6, 6.07) is 7.79. The molecule has 3 rings (SSSR count). The molecule has 2 aromatic rings. The van der Waals surface area contributed by atoms with Crippen LogP contribution in [-0.2, 0) is 4.79 Å². The quantitative estimate of drug-likeness (QED) is 0.943. The van der Waals surface area contributed by atoms with Gasteiger partial charge in [0.25, 0.3) is 0 Å². The van der Waals surface area contributed by atoms with Gasteiger partial charge < -0.3 is 5.32 Å². The molecule has 5 nitrogen and oxygen atoms in total. The molecule has 6 heteroatoms. The van der Waals surface area contributed by atoms with Gasteiger partial charge in [0.1, 0.15) is 11.1 Å². The first-order valence-electron chi connectivity index (χ1n) is 6.83. The molecule has 0 aromatic carbocycles. The minimum atomic E-state index is -0.878. The second-order valence-electron chi connectivity index (χ2n) is 5.11. The first-order chi connectivity index (χ1) is 10.2. The number of nitrogens with one attached hydrogen (secondary N) is 1. The Bertz CT molecular complexity index is 683. The Labute approximate surface area is 126 Å². The maximum absolute atomic E-state index is 12.3. The van der Waals surface area contributed by atoms with Gasteiger partial charge >= 0.3 is 0 Å². The fraction of sp³-hybridized carbons (Fsp3) is 0.333. The van der Waals surface area contributed by atoms with Crippen molar-refractivity contribution in [3.8, 4) is 17.5 Å². The highest BCUT2D eigenvalue weighted by Crippen LogP contribution is 2.38. The molecule has 0 aliphatic heterocycles. The van der Waals surface area contributed by atoms with Crippen LogP contribution in [-0.4, -0.2) is 15.9 Å². The van der Waals surface area contributed by atoms with Crippen molar-refractivity contribution in [2.75, 3.05) is 5.32 Å². The molecular weight excluding hydrogens is 284 g/mol. The van der Waals surface area contributed by atoms with E-state index >= 15 is 0 Å². The highest BCUT2D eigenvalue weighted by molar-refractivity contribution is 7.14. The number of carbonyl (C=O) groups excluding carboxylic acids is 1. The number of hydrogen-bond acceptors (Lipinski definition) is 5. The van der Waals surface area contributed by atoms with E-state index in [0.717, 1.165) is 24.2 Å². The zero-order valence-corrected chi connectivity index (χ0v) is 12.2. The molecule has 0 saturated heterocycles. The van der Waals surface area contributed by atoms with Crippen molar-refractivity contribution < 1.29 is 4.79 Å². The van der Waals surface area contributed by atoms with Gasteiger partial charge in [0.05, 0.1) is 11.8 Å². The number of pyridine rings is 1. The molecule has 0 spiro atoms. The van der Waals surface area contributed by atoms with Crippen LogP contribution >= 0.6 is 11.3 Å². The van der Waals surface area contributed by atoms with E-state index in [2.05, 4.69) is 21.4 Å². The lowest BCUT2D eigenvalue weighted by atomic mass is 9.87. The van der Waals surface area contributed by atoms with Crippen LogP contribution < -0.4 is 5.32 Å². The molecule has 0 bridgehead atoms. The maximum Gasteiger partial charge on any atom is 0.246 e. The molecule has 1 amide bonds. The molecule has 1 N–H and O–H groups in total. The summed E-state index contributed by atoms with van der Waals surface area (Å²) in [4.78, 5) is 20.9. The van der Waals surface area contributed by atoms with Crippen molar-refractivity contribution in [1.29, 1.82) is 5.26 Å². The highest BCUT2D eigenvalue weighted by atomic mass is 32.1. The molecule has 106 valence electrons. The molecule has 0 radical (unpaired) electrons. The maximum atomic E-state index is 12.3. The van der Waals surface area contributed by atoms with Crippen LogP contribution in [0.5, 0.6) is 0 Å². The number of rotatable bonds is 3. The van der Waals surface area contributed by atoms with Gasteiger partial charge in [-0.1, -0.05) is 18.9 Å². The number of nitrogens with zero attached hydrogens (tertiary/aromatic N) is 3. The van der Waals surface area contributed by atoms with Crippen LogP contribution in [0.4, 0.5) is 5.13 Å². The third kappa shape index (κ3) is 2.65. The zero-order chi connectivity index (χ0) is 14.7. The number of thiazole rings is 1. The molecule has 2 heterocycles. The normalized spacial score (nSPS) is 16.3. The third-order valence-corrected chi connectivity index (χ3v) is 4.52. The predicted molar refractivity (Wildman–Crippen MR) is 80.5 cm³/mol. The van der Waals surface area contributed by atoms with Crippen molar-refractivity contribution in [2.24, 2.45) is 5.41 Å². The van der Waals surface area contributed by atoms with Gasteiger partial charge in [-0.3, -0.25) is 9.78 Å². The average Bonchev–Trinajstić information content (AvgIpc) is 3.18. The van der Waals surface area contributed by atoms with Crippen molar-refractivity contribution in [3.63, 3.8) is 0 Å². The number of carbonyl (C=O) groups is 1. The Balaban J connectivity index is 1.76. The highest BCUT2D eigenvalue weighted by Gasteiger charge is 2.41. The fourth-order valence-corrected chi connectivity index (χ4v) is 3.25. The lowest BCUT2D eigenvalue weighted by Crippen LogP contribution is -2.32. The number of anilines is 1. The Morgan fingerprint density at radius 1 is 1.33 bits per heavy atom. The molecule has 21 heavy (non-hydrogen) atoms. The summed E-state index contributed by atoms with van der Waals surface area (Å²) in [7, 11) is 0. The molecule has 1 aliphatic carbocycles. The molecule has 1 saturated carbocycles. The third-order valence-electron chi connectivity index (χ3n) is 3.76. The molecular formula is C15H14N4OS. The van der Waals surface area contributed by atoms with E-state index < -0.39 is 5.41 Å². The molecule has 1 fully saturated rings. The number of aromatic nitrogens is 2. The monoisotopic (exact) mass is 298 g/mol. The summed E-state index contributed by atoms with van der Waals surface area (Å²) >= 11 is 1.35. The fourth-order valence-electron chi connectivity index (χ4n) is 2.55. The van der Waals surface area contributed by atoms with Crippen LogP contribution in [0.1, 0.15) is 25.7 Å². The van der Waals surface area contributed by atoms with Crippen LogP contribution in [0, 0.1) is 16.7 Å². The van der Waals surface area contributed by atoms with Crippen molar-refractivity contribution in [1.82, 2.24) is 9.97 Å². The smallest absolute Gasteiger partial charge is 0.246 e. The topological polar surface area (TPSA) is 78.7 Å². The Hall–Kier alpha value is -2.26. The lowest BCUT2D eigenvalue weighted by Gasteiger charge is -2.17. The van der Waals surface area contributed by atoms with Crippen LogP contribution in [0.2, 0.25) is 0 Å². The van der Waals surface area contributed by atoms with E-state index in [9.17, 15) is 10.1 Å². The lowest BCUT2D eigenvalue weighted by molar-refractivity contribution is -0.122. The Morgan fingerprint density at radius 3 is 2.81 bits per heavy atom. The number of amides is 1. The van der Waals surface area contributed by atoms with Gasteiger partial charge in [-0.2, -0.15) is 5.26 Å². The molecule has 0 atom stereocenters. The largest absolute Gasteiger partial charge is 0.301 e. The first kappa shape index (κ1) is 13.7. The summed E-state index contributed by atoms with van der Waals surface area (Å²) in [6.07, 6.45) is 4.83. The zero-order valence-electron chi connectivity index (χ0n) is 11.4. The Morgan fingerprint density at radius 2 is 2.14 bits per heavy atom. The van der Waals surface area contributed by atoms with Crippen LogP contribution in [0.3, 0.4) is 0 Å². The van der Waals surface area contributed by atoms with Gasteiger partial charge in [-0.15, -0.1) is 11.3 Å². The van der Waals surface area contributed by atoms with Crippen molar-refractivity contribution >= 4 is 22.4 Å². The number of hydrogen-bond donors (Lipinski definition) is 1. The van der Waals surface area contributed by atoms with Crippen LogP contribution in [0.15, 0.2) is 29.8 Å². The average molecular weight is 298 g/mol. The van der Waals surface area contributed by atoms with Crippen molar-refractivity contribution in [2.45, 2.75) is 25.7 Å². The Kier molecular flexibility index (Phi) is 3.67. The molecule has 2 aromatic heterocycles. The van der Waals surface area contributed by atoms with Gasteiger partial charge in [0.15, 0.2) is 5.13 Å². The van der Waals surface area contributed by atoms with E-state index in [1.807, 2.05) is 23.6 Å². The van der Waals surface area contributed by atoms with Gasteiger partial charge in [-0.05, 0) is 25.0 Å². The number of nitriles is 1. The second kappa shape index (κ2) is 5.62. The van der Waals surface area contributed by atoms with E-state index in [-0.39, 0.29) is 5.91 Å². The van der Waals surface area contributed by atoms with Gasteiger partial charge in [0.2, 0.25) is 5.91 Å². The molecule has 0 unspecified atom stereocenters. The van der Waals surface area contributed by atoms with Crippen molar-refractivity contribution in [3.05, 3.63) is 29.8 Å². The van der Waals surface area contributed by atoms with E-state index in [4.69, 9.17) is 0 Å². The summed E-state index contributed by atoms with van der Waals surface area (Å²) in [5, 5.41) is 14.5. The summed E-state index contributed by atoms with van der Waals surface area (Å²) < 4.78 is 0. The van der Waals surface area contributed by atoms with E-state index in [0.29, 0.717) is 18.0 Å². The van der Waals surface area contributed by atoms with Gasteiger partial charge in [-0.25, -0.2) is 4.98 Å². The summed E-state index contributed by atoms with van der Waals surface area (Å²) in [6.45, 7) is 0. The van der Waals surface area contributed by atoms with Gasteiger partial charge in [0, 0.05) is 11.6 Å². The SMILES string of the molecule is N#CC1(C(=O)Nc2nc(-c3ccccn3)cs2)CCCC1. The van der Waals surface area contributed by atoms with E-state index in [1.54, 1.807) is 6.20 Å². The predicted octanol–water partition coefficient (Wildman–Crippen LogP) is 3.23. The van der Waals surface area contributed by atoms with Crippen LogP contribution in [0.25, 0.3) is 11.4 Å². The first-order valence-corrected chi connectivity index (χ1v) is 7.71. The summed E-state index contributed by atoms with van der Waals surface area (Å²) in [5.74, 6) is -0.232. The minimum Gasteiger partial charge on any atom is -0.301 e. The van der Waals surface area contributed by atoms with E-state index in [1.165, 1.54) is 11.3 Å². The molecule has 1 aliphatic rings. The minimum absolute atomic E-state index is 0.232. The summed E-state index contributed by atoms with van der Waals surface area (Å²) in [5.41, 5.74) is 0.620. The second-order valence-corrected chi connectivity index (χ2v) is 5.97.